The number of hydrogen-bond donors (Lipinski definition) is 2. The molecule has 0 heterocycles. The van der Waals surface area contributed by atoms with Crippen LogP contribution in [0.1, 0.15) is 32.3 Å². The normalized spacial score (nSPS) is 11.0. The second-order valence-corrected chi connectivity index (χ2v) is 4.46. The molecule has 0 unspecified atom stereocenters. The predicted molar refractivity (Wildman–Crippen MR) is 96.2 cm³/mol. The van der Waals surface area contributed by atoms with Crippen LogP contribution in [-0.4, -0.2) is 25.7 Å². The Labute approximate surface area is 147 Å². The summed E-state index contributed by atoms with van der Waals surface area (Å²) in [6.45, 7) is 3.12. The van der Waals surface area contributed by atoms with E-state index in [0.717, 1.165) is 25.9 Å². The molecule has 0 aromatic heterocycles. The fraction of sp³-hybridized carbons (Fsp3) is 0.533. The van der Waals surface area contributed by atoms with Crippen molar-refractivity contribution < 1.29 is 13.5 Å². The van der Waals surface area contributed by atoms with E-state index in [9.17, 15) is 8.78 Å². The van der Waals surface area contributed by atoms with E-state index in [0.29, 0.717) is 11.5 Å². The van der Waals surface area contributed by atoms with Gasteiger partial charge < -0.3 is 15.4 Å². The maximum atomic E-state index is 12.3. The van der Waals surface area contributed by atoms with Crippen molar-refractivity contribution in [3.05, 3.63) is 29.8 Å². The van der Waals surface area contributed by atoms with E-state index >= 15 is 0 Å². The molecule has 0 aliphatic carbocycles. The minimum Gasteiger partial charge on any atom is -0.434 e. The Hall–Kier alpha value is -1.12. The van der Waals surface area contributed by atoms with Gasteiger partial charge in [-0.15, -0.1) is 24.0 Å². The molecule has 7 heteroatoms. The van der Waals surface area contributed by atoms with Gasteiger partial charge in [0.2, 0.25) is 0 Å². The standard InChI is InChI=1S/C15H23F2N3O.HI/c1-3-5-10-19-15(18-4-2)20-11-12-8-6-7-9-13(12)21-14(16)17;/h6-9,14H,3-5,10-11H2,1-2H3,(H2,18,19,20);1H. The van der Waals surface area contributed by atoms with Crippen molar-refractivity contribution in [3.8, 4) is 5.75 Å². The predicted octanol–water partition coefficient (Wildman–Crippen LogP) is 3.76. The van der Waals surface area contributed by atoms with E-state index in [1.165, 1.54) is 6.07 Å². The molecule has 126 valence electrons. The van der Waals surface area contributed by atoms with Crippen LogP contribution in [0.25, 0.3) is 0 Å². The Bertz CT molecular complexity index is 445. The Morgan fingerprint density at radius 1 is 1.23 bits per heavy atom. The summed E-state index contributed by atoms with van der Waals surface area (Å²) in [6.07, 6.45) is 2.15. The van der Waals surface area contributed by atoms with Crippen LogP contribution < -0.4 is 15.4 Å². The second kappa shape index (κ2) is 12.4. The lowest BCUT2D eigenvalue weighted by Gasteiger charge is -2.12. The third kappa shape index (κ3) is 8.35. The van der Waals surface area contributed by atoms with Gasteiger partial charge in [0.25, 0.3) is 0 Å². The fourth-order valence-electron chi connectivity index (χ4n) is 1.73. The van der Waals surface area contributed by atoms with Crippen molar-refractivity contribution in [2.75, 3.05) is 13.1 Å². The van der Waals surface area contributed by atoms with Gasteiger partial charge in [-0.1, -0.05) is 31.5 Å². The zero-order valence-corrected chi connectivity index (χ0v) is 15.3. The molecular formula is C15H24F2IN3O. The Morgan fingerprint density at radius 3 is 2.59 bits per heavy atom. The molecule has 2 N–H and O–H groups in total. The topological polar surface area (TPSA) is 45.7 Å². The lowest BCUT2D eigenvalue weighted by atomic mass is 10.2. The summed E-state index contributed by atoms with van der Waals surface area (Å²) >= 11 is 0. The molecule has 1 aromatic rings. The number of rotatable bonds is 8. The number of para-hydroxylation sites is 1. The van der Waals surface area contributed by atoms with Crippen molar-refractivity contribution >= 4 is 29.9 Å². The summed E-state index contributed by atoms with van der Waals surface area (Å²) in [5.41, 5.74) is 0.630. The maximum Gasteiger partial charge on any atom is 0.387 e. The van der Waals surface area contributed by atoms with Crippen molar-refractivity contribution in [1.82, 2.24) is 10.6 Å². The van der Waals surface area contributed by atoms with E-state index in [2.05, 4.69) is 27.3 Å². The lowest BCUT2D eigenvalue weighted by Crippen LogP contribution is -2.37. The van der Waals surface area contributed by atoms with Gasteiger partial charge in [0.15, 0.2) is 5.96 Å². The minimum atomic E-state index is -2.83. The first-order valence-electron chi connectivity index (χ1n) is 7.22. The monoisotopic (exact) mass is 427 g/mol. The molecule has 0 saturated carbocycles. The van der Waals surface area contributed by atoms with Crippen LogP contribution >= 0.6 is 24.0 Å². The van der Waals surface area contributed by atoms with Gasteiger partial charge in [-0.05, 0) is 19.4 Å². The van der Waals surface area contributed by atoms with Gasteiger partial charge in [-0.3, -0.25) is 0 Å². The SMILES string of the molecule is CCCCNC(=NCc1ccccc1OC(F)F)NCC.I. The number of halogens is 3. The van der Waals surface area contributed by atoms with Gasteiger partial charge in [-0.25, -0.2) is 4.99 Å². The van der Waals surface area contributed by atoms with E-state index in [-0.39, 0.29) is 36.3 Å². The number of guanidine groups is 1. The number of alkyl halides is 2. The van der Waals surface area contributed by atoms with E-state index in [4.69, 9.17) is 0 Å². The number of aliphatic imine (C=N–C) groups is 1. The Balaban J connectivity index is 0.00000441. The number of unbranched alkanes of at least 4 members (excludes halogenated alkanes) is 1. The highest BCUT2D eigenvalue weighted by molar-refractivity contribution is 14.0. The fourth-order valence-corrected chi connectivity index (χ4v) is 1.73. The van der Waals surface area contributed by atoms with E-state index < -0.39 is 6.61 Å². The van der Waals surface area contributed by atoms with E-state index in [1.54, 1.807) is 18.2 Å². The number of nitrogens with zero attached hydrogens (tertiary/aromatic N) is 1. The highest BCUT2D eigenvalue weighted by Gasteiger charge is 2.08. The summed E-state index contributed by atoms with van der Waals surface area (Å²) in [4.78, 5) is 4.39. The van der Waals surface area contributed by atoms with Gasteiger partial charge in [0.1, 0.15) is 5.75 Å². The smallest absolute Gasteiger partial charge is 0.387 e. The third-order valence-corrected chi connectivity index (χ3v) is 2.76. The van der Waals surface area contributed by atoms with Crippen LogP contribution in [0.15, 0.2) is 29.3 Å². The first-order valence-corrected chi connectivity index (χ1v) is 7.22. The molecule has 0 atom stereocenters. The molecule has 1 rings (SSSR count). The highest BCUT2D eigenvalue weighted by atomic mass is 127. The van der Waals surface area contributed by atoms with Crippen molar-refractivity contribution in [2.24, 2.45) is 4.99 Å². The number of ether oxygens (including phenoxy) is 1. The molecule has 22 heavy (non-hydrogen) atoms. The average Bonchev–Trinajstić information content (AvgIpc) is 2.45. The van der Waals surface area contributed by atoms with Crippen molar-refractivity contribution in [3.63, 3.8) is 0 Å². The van der Waals surface area contributed by atoms with Crippen LogP contribution in [0.5, 0.6) is 5.75 Å². The largest absolute Gasteiger partial charge is 0.434 e. The quantitative estimate of drug-likeness (QED) is 0.288. The van der Waals surface area contributed by atoms with Crippen molar-refractivity contribution in [2.45, 2.75) is 39.8 Å². The number of hydrogen-bond acceptors (Lipinski definition) is 2. The molecule has 0 radical (unpaired) electrons. The maximum absolute atomic E-state index is 12.3. The summed E-state index contributed by atoms with van der Waals surface area (Å²) in [7, 11) is 0. The summed E-state index contributed by atoms with van der Waals surface area (Å²) in [5, 5.41) is 6.32. The molecule has 0 bridgehead atoms. The molecule has 1 aromatic carbocycles. The first kappa shape index (κ1) is 20.9. The minimum absolute atomic E-state index is 0. The van der Waals surface area contributed by atoms with Crippen LogP contribution in [0.3, 0.4) is 0 Å². The van der Waals surface area contributed by atoms with Crippen molar-refractivity contribution in [1.29, 1.82) is 0 Å². The third-order valence-electron chi connectivity index (χ3n) is 2.76. The zero-order valence-electron chi connectivity index (χ0n) is 12.9. The van der Waals surface area contributed by atoms with Crippen LogP contribution in [0, 0.1) is 0 Å². The first-order chi connectivity index (χ1) is 10.2. The summed E-state index contributed by atoms with van der Waals surface area (Å²) in [6, 6.07) is 6.70. The van der Waals surface area contributed by atoms with Crippen LogP contribution in [0.4, 0.5) is 8.78 Å². The van der Waals surface area contributed by atoms with E-state index in [1.807, 2.05) is 6.92 Å². The van der Waals surface area contributed by atoms with Gasteiger partial charge in [0, 0.05) is 18.7 Å². The molecule has 0 spiro atoms. The Kier molecular flexibility index (Phi) is 11.8. The van der Waals surface area contributed by atoms with Gasteiger partial charge in [-0.2, -0.15) is 8.78 Å². The Morgan fingerprint density at radius 2 is 1.95 bits per heavy atom. The molecule has 0 aliphatic rings. The number of nitrogens with one attached hydrogen (secondary N) is 2. The van der Waals surface area contributed by atoms with Crippen LogP contribution in [0.2, 0.25) is 0 Å². The lowest BCUT2D eigenvalue weighted by molar-refractivity contribution is -0.0504. The van der Waals surface area contributed by atoms with Gasteiger partial charge >= 0.3 is 6.61 Å². The number of benzene rings is 1. The molecule has 0 amide bonds. The van der Waals surface area contributed by atoms with Gasteiger partial charge in [0.05, 0.1) is 6.54 Å². The highest BCUT2D eigenvalue weighted by Crippen LogP contribution is 2.20. The molecule has 4 nitrogen and oxygen atoms in total. The molecule has 0 aliphatic heterocycles. The zero-order chi connectivity index (χ0) is 15.5. The summed E-state index contributed by atoms with van der Waals surface area (Å²) in [5.74, 6) is 0.846. The molecule has 0 fully saturated rings. The average molecular weight is 427 g/mol. The second-order valence-electron chi connectivity index (χ2n) is 4.46. The van der Waals surface area contributed by atoms with Crippen LogP contribution in [-0.2, 0) is 6.54 Å². The summed E-state index contributed by atoms with van der Waals surface area (Å²) < 4.78 is 29.2. The molecule has 0 saturated heterocycles. The molecular weight excluding hydrogens is 403 g/mol.